The molecule has 1 aromatic heterocycles. The first-order valence-corrected chi connectivity index (χ1v) is 5.89. The van der Waals surface area contributed by atoms with Gasteiger partial charge in [0.2, 0.25) is 0 Å². The molecule has 1 aliphatic carbocycles. The topological polar surface area (TPSA) is 29.0 Å². The fourth-order valence-corrected chi connectivity index (χ4v) is 2.24. The molecule has 0 unspecified atom stereocenters. The average molecular weight is 231 g/mol. The number of fused-ring (bicyclic) bond motifs is 1. The molecular weight excluding hydrogens is 217 g/mol. The summed E-state index contributed by atoms with van der Waals surface area (Å²) in [7, 11) is 2.05. The first kappa shape index (κ1) is 10.4. The molecule has 4 heteroatoms. The van der Waals surface area contributed by atoms with Crippen molar-refractivity contribution in [1.82, 2.24) is 9.97 Å². The van der Waals surface area contributed by atoms with E-state index in [9.17, 15) is 4.39 Å². The van der Waals surface area contributed by atoms with Gasteiger partial charge in [-0.2, -0.15) is 0 Å². The molecule has 1 fully saturated rings. The summed E-state index contributed by atoms with van der Waals surface area (Å²) in [6, 6.07) is 5.24. The summed E-state index contributed by atoms with van der Waals surface area (Å²) in [5, 5.41) is 0.920. The Morgan fingerprint density at radius 2 is 2.12 bits per heavy atom. The molecule has 0 radical (unpaired) electrons. The highest BCUT2D eigenvalue weighted by atomic mass is 19.1. The Kier molecular flexibility index (Phi) is 2.42. The Hall–Kier alpha value is -1.71. The largest absolute Gasteiger partial charge is 0.356 e. The SMILES string of the molecule is CN(c1ncnc2cc(F)ccc12)C1CCC1. The molecule has 1 aromatic carbocycles. The molecule has 88 valence electrons. The minimum atomic E-state index is -0.256. The molecular formula is C13H14FN3. The monoisotopic (exact) mass is 231 g/mol. The lowest BCUT2D eigenvalue weighted by Crippen LogP contribution is -2.37. The molecule has 0 aliphatic heterocycles. The van der Waals surface area contributed by atoms with Crippen molar-refractivity contribution in [2.24, 2.45) is 0 Å². The summed E-state index contributed by atoms with van der Waals surface area (Å²) in [6.07, 6.45) is 5.21. The number of hydrogen-bond acceptors (Lipinski definition) is 3. The van der Waals surface area contributed by atoms with E-state index in [1.165, 1.54) is 37.7 Å². The quantitative estimate of drug-likeness (QED) is 0.795. The van der Waals surface area contributed by atoms with Gasteiger partial charge in [0.15, 0.2) is 0 Å². The lowest BCUT2D eigenvalue weighted by atomic mass is 9.92. The zero-order valence-corrected chi connectivity index (χ0v) is 9.73. The van der Waals surface area contributed by atoms with E-state index in [2.05, 4.69) is 21.9 Å². The highest BCUT2D eigenvalue weighted by Gasteiger charge is 2.24. The molecule has 3 nitrogen and oxygen atoms in total. The molecule has 2 aromatic rings. The maximum atomic E-state index is 13.1. The number of aromatic nitrogens is 2. The fraction of sp³-hybridized carbons (Fsp3) is 0.385. The molecule has 0 N–H and O–H groups in total. The van der Waals surface area contributed by atoms with Gasteiger partial charge in [-0.3, -0.25) is 0 Å². The van der Waals surface area contributed by atoms with Crippen molar-refractivity contribution < 1.29 is 4.39 Å². The van der Waals surface area contributed by atoms with Crippen molar-refractivity contribution in [3.05, 3.63) is 30.3 Å². The first-order chi connectivity index (χ1) is 8.25. The van der Waals surface area contributed by atoms with Crippen LogP contribution in [0.15, 0.2) is 24.5 Å². The second-order valence-corrected chi connectivity index (χ2v) is 4.55. The van der Waals surface area contributed by atoms with E-state index in [0.29, 0.717) is 11.6 Å². The van der Waals surface area contributed by atoms with E-state index in [1.807, 2.05) is 0 Å². The van der Waals surface area contributed by atoms with Crippen LogP contribution in [-0.4, -0.2) is 23.1 Å². The summed E-state index contributed by atoms with van der Waals surface area (Å²) in [5.74, 6) is 0.646. The molecule has 0 saturated heterocycles. The fourth-order valence-electron chi connectivity index (χ4n) is 2.24. The number of halogens is 1. The van der Waals surface area contributed by atoms with Crippen LogP contribution in [0, 0.1) is 5.82 Å². The molecule has 1 saturated carbocycles. The molecule has 17 heavy (non-hydrogen) atoms. The lowest BCUT2D eigenvalue weighted by Gasteiger charge is -2.35. The number of benzene rings is 1. The smallest absolute Gasteiger partial charge is 0.139 e. The number of hydrogen-bond donors (Lipinski definition) is 0. The predicted octanol–water partition coefficient (Wildman–Crippen LogP) is 2.76. The van der Waals surface area contributed by atoms with Crippen molar-refractivity contribution in [1.29, 1.82) is 0 Å². The highest BCUT2D eigenvalue weighted by Crippen LogP contribution is 2.30. The van der Waals surface area contributed by atoms with E-state index in [-0.39, 0.29) is 5.82 Å². The molecule has 3 rings (SSSR count). The molecule has 1 heterocycles. The third-order valence-electron chi connectivity index (χ3n) is 3.53. The van der Waals surface area contributed by atoms with Gasteiger partial charge in [-0.25, -0.2) is 14.4 Å². The van der Waals surface area contributed by atoms with Gasteiger partial charge in [0.05, 0.1) is 5.52 Å². The van der Waals surface area contributed by atoms with Crippen molar-refractivity contribution >= 4 is 16.7 Å². The maximum absolute atomic E-state index is 13.1. The van der Waals surface area contributed by atoms with Crippen LogP contribution >= 0.6 is 0 Å². The normalized spacial score (nSPS) is 15.9. The third kappa shape index (κ3) is 1.73. The summed E-state index contributed by atoms with van der Waals surface area (Å²) >= 11 is 0. The molecule has 0 spiro atoms. The van der Waals surface area contributed by atoms with Crippen LogP contribution in [0.2, 0.25) is 0 Å². The van der Waals surface area contributed by atoms with Gasteiger partial charge >= 0.3 is 0 Å². The Labute approximate surface area is 99.3 Å². The van der Waals surface area contributed by atoms with Crippen LogP contribution in [0.5, 0.6) is 0 Å². The third-order valence-corrected chi connectivity index (χ3v) is 3.53. The van der Waals surface area contributed by atoms with Crippen molar-refractivity contribution in [3.8, 4) is 0 Å². The number of anilines is 1. The standard InChI is InChI=1S/C13H14FN3/c1-17(10-3-2-4-10)13-11-6-5-9(14)7-12(11)15-8-16-13/h5-8,10H,2-4H2,1H3. The van der Waals surface area contributed by atoms with Gasteiger partial charge in [0.1, 0.15) is 18.0 Å². The van der Waals surface area contributed by atoms with Gasteiger partial charge in [-0.1, -0.05) is 0 Å². The van der Waals surface area contributed by atoms with E-state index >= 15 is 0 Å². The zero-order valence-electron chi connectivity index (χ0n) is 9.73. The number of nitrogens with zero attached hydrogens (tertiary/aromatic N) is 3. The van der Waals surface area contributed by atoms with Crippen LogP contribution in [-0.2, 0) is 0 Å². The highest BCUT2D eigenvalue weighted by molar-refractivity contribution is 5.89. The molecule has 0 amide bonds. The van der Waals surface area contributed by atoms with Crippen LogP contribution < -0.4 is 4.90 Å². The Morgan fingerprint density at radius 1 is 1.29 bits per heavy atom. The summed E-state index contributed by atoms with van der Waals surface area (Å²) in [6.45, 7) is 0. The average Bonchev–Trinajstić information content (AvgIpc) is 2.25. The Balaban J connectivity index is 2.09. The van der Waals surface area contributed by atoms with Gasteiger partial charge in [0, 0.05) is 24.5 Å². The minimum absolute atomic E-state index is 0.256. The van der Waals surface area contributed by atoms with Gasteiger partial charge in [0.25, 0.3) is 0 Å². The van der Waals surface area contributed by atoms with Crippen molar-refractivity contribution in [2.75, 3.05) is 11.9 Å². The van der Waals surface area contributed by atoms with Crippen molar-refractivity contribution in [3.63, 3.8) is 0 Å². The van der Waals surface area contributed by atoms with E-state index in [4.69, 9.17) is 0 Å². The van der Waals surface area contributed by atoms with Crippen LogP contribution in [0.1, 0.15) is 19.3 Å². The van der Waals surface area contributed by atoms with E-state index in [1.54, 1.807) is 6.07 Å². The molecule has 0 bridgehead atoms. The van der Waals surface area contributed by atoms with Crippen LogP contribution in [0.4, 0.5) is 10.2 Å². The van der Waals surface area contributed by atoms with Crippen LogP contribution in [0.3, 0.4) is 0 Å². The second-order valence-electron chi connectivity index (χ2n) is 4.55. The van der Waals surface area contributed by atoms with Gasteiger partial charge < -0.3 is 4.90 Å². The molecule has 1 aliphatic rings. The van der Waals surface area contributed by atoms with Gasteiger partial charge in [-0.15, -0.1) is 0 Å². The lowest BCUT2D eigenvalue weighted by molar-refractivity contribution is 0.400. The van der Waals surface area contributed by atoms with Crippen LogP contribution in [0.25, 0.3) is 10.9 Å². The summed E-state index contributed by atoms with van der Waals surface area (Å²) < 4.78 is 13.1. The number of rotatable bonds is 2. The maximum Gasteiger partial charge on any atom is 0.139 e. The van der Waals surface area contributed by atoms with Gasteiger partial charge in [-0.05, 0) is 31.4 Å². The van der Waals surface area contributed by atoms with E-state index < -0.39 is 0 Å². The first-order valence-electron chi connectivity index (χ1n) is 5.89. The predicted molar refractivity (Wildman–Crippen MR) is 65.5 cm³/mol. The Bertz CT molecular complexity index is 551. The zero-order chi connectivity index (χ0) is 11.8. The second kappa shape index (κ2) is 3.95. The summed E-state index contributed by atoms with van der Waals surface area (Å²) in [4.78, 5) is 10.6. The Morgan fingerprint density at radius 3 is 2.82 bits per heavy atom. The van der Waals surface area contributed by atoms with E-state index in [0.717, 1.165) is 11.2 Å². The minimum Gasteiger partial charge on any atom is -0.356 e. The molecule has 0 atom stereocenters. The summed E-state index contributed by atoms with van der Waals surface area (Å²) in [5.41, 5.74) is 0.668. The van der Waals surface area contributed by atoms with Crippen molar-refractivity contribution in [2.45, 2.75) is 25.3 Å².